The van der Waals surface area contributed by atoms with Crippen LogP contribution in [0.2, 0.25) is 0 Å². The standard InChI is InChI=1S/C16H27NO2/c1-6-12-17-15(16(3,4)19-7-2)13-8-10-14(18-5)11-9-13/h8-11,15,17H,6-7,12H2,1-5H3. The van der Waals surface area contributed by atoms with Gasteiger partial charge in [-0.15, -0.1) is 0 Å². The number of nitrogens with one attached hydrogen (secondary N) is 1. The SMILES string of the molecule is CCCNC(c1ccc(OC)cc1)C(C)(C)OCC. The molecule has 0 bridgehead atoms. The first-order chi connectivity index (χ1) is 9.05. The zero-order valence-electron chi connectivity index (χ0n) is 12.8. The van der Waals surface area contributed by atoms with Crippen LogP contribution in [-0.4, -0.2) is 25.9 Å². The van der Waals surface area contributed by atoms with E-state index in [4.69, 9.17) is 9.47 Å². The van der Waals surface area contributed by atoms with Crippen molar-refractivity contribution in [2.45, 2.75) is 45.8 Å². The average Bonchev–Trinajstić information content (AvgIpc) is 2.39. The first-order valence-electron chi connectivity index (χ1n) is 7.06. The first kappa shape index (κ1) is 16.0. The van der Waals surface area contributed by atoms with Gasteiger partial charge in [0, 0.05) is 6.61 Å². The van der Waals surface area contributed by atoms with E-state index >= 15 is 0 Å². The van der Waals surface area contributed by atoms with Gasteiger partial charge in [-0.1, -0.05) is 19.1 Å². The number of methoxy groups -OCH3 is 1. The zero-order valence-corrected chi connectivity index (χ0v) is 12.8. The molecule has 19 heavy (non-hydrogen) atoms. The summed E-state index contributed by atoms with van der Waals surface area (Å²) >= 11 is 0. The van der Waals surface area contributed by atoms with Crippen molar-refractivity contribution in [3.05, 3.63) is 29.8 Å². The second-order valence-corrected chi connectivity index (χ2v) is 5.20. The van der Waals surface area contributed by atoms with Crippen molar-refractivity contribution in [1.29, 1.82) is 0 Å². The van der Waals surface area contributed by atoms with Crippen LogP contribution in [-0.2, 0) is 4.74 Å². The minimum Gasteiger partial charge on any atom is -0.497 e. The van der Waals surface area contributed by atoms with E-state index < -0.39 is 0 Å². The maximum absolute atomic E-state index is 5.91. The molecule has 108 valence electrons. The molecule has 0 spiro atoms. The molecule has 0 amide bonds. The molecule has 0 aliphatic rings. The molecule has 1 unspecified atom stereocenters. The molecule has 1 atom stereocenters. The monoisotopic (exact) mass is 265 g/mol. The lowest BCUT2D eigenvalue weighted by molar-refractivity contribution is -0.0391. The molecule has 1 aromatic carbocycles. The molecule has 1 rings (SSSR count). The second kappa shape index (κ2) is 7.51. The van der Waals surface area contributed by atoms with Crippen LogP contribution in [0.5, 0.6) is 5.75 Å². The van der Waals surface area contributed by atoms with Crippen LogP contribution >= 0.6 is 0 Å². The Hall–Kier alpha value is -1.06. The van der Waals surface area contributed by atoms with Gasteiger partial charge < -0.3 is 14.8 Å². The highest BCUT2D eigenvalue weighted by Crippen LogP contribution is 2.30. The number of rotatable bonds is 8. The Kier molecular flexibility index (Phi) is 6.32. The maximum atomic E-state index is 5.91. The molecule has 1 N–H and O–H groups in total. The summed E-state index contributed by atoms with van der Waals surface area (Å²) in [5, 5.41) is 3.58. The summed E-state index contributed by atoms with van der Waals surface area (Å²) < 4.78 is 11.1. The lowest BCUT2D eigenvalue weighted by Crippen LogP contribution is -2.41. The fourth-order valence-corrected chi connectivity index (χ4v) is 2.31. The summed E-state index contributed by atoms with van der Waals surface area (Å²) in [4.78, 5) is 0. The molecule has 3 heteroatoms. The van der Waals surface area contributed by atoms with Crippen molar-refractivity contribution in [3.63, 3.8) is 0 Å². The Balaban J connectivity index is 2.94. The van der Waals surface area contributed by atoms with E-state index in [1.54, 1.807) is 7.11 Å². The normalized spacial score (nSPS) is 13.3. The number of hydrogen-bond donors (Lipinski definition) is 1. The van der Waals surface area contributed by atoms with Crippen molar-refractivity contribution in [1.82, 2.24) is 5.32 Å². The molecule has 0 saturated heterocycles. The highest BCUT2D eigenvalue weighted by Gasteiger charge is 2.30. The van der Waals surface area contributed by atoms with Crippen LogP contribution in [0.25, 0.3) is 0 Å². The molecule has 0 aromatic heterocycles. The van der Waals surface area contributed by atoms with Crippen molar-refractivity contribution < 1.29 is 9.47 Å². The van der Waals surface area contributed by atoms with E-state index in [1.165, 1.54) is 5.56 Å². The summed E-state index contributed by atoms with van der Waals surface area (Å²) in [6.45, 7) is 10.2. The van der Waals surface area contributed by atoms with Crippen LogP contribution in [0, 0.1) is 0 Å². The topological polar surface area (TPSA) is 30.5 Å². The highest BCUT2D eigenvalue weighted by molar-refractivity contribution is 5.30. The quantitative estimate of drug-likeness (QED) is 0.779. The fourth-order valence-electron chi connectivity index (χ4n) is 2.31. The van der Waals surface area contributed by atoms with E-state index in [0.717, 1.165) is 18.7 Å². The summed E-state index contributed by atoms with van der Waals surface area (Å²) in [7, 11) is 1.69. The first-order valence-corrected chi connectivity index (χ1v) is 7.06. The smallest absolute Gasteiger partial charge is 0.118 e. The molecule has 3 nitrogen and oxygen atoms in total. The predicted octanol–water partition coefficient (Wildman–Crippen LogP) is 3.55. The molecule has 0 heterocycles. The van der Waals surface area contributed by atoms with Gasteiger partial charge in [0.2, 0.25) is 0 Å². The summed E-state index contributed by atoms with van der Waals surface area (Å²) in [5.41, 5.74) is 0.992. The van der Waals surface area contributed by atoms with Gasteiger partial charge >= 0.3 is 0 Å². The predicted molar refractivity (Wildman–Crippen MR) is 79.7 cm³/mol. The summed E-state index contributed by atoms with van der Waals surface area (Å²) in [5.74, 6) is 0.882. The van der Waals surface area contributed by atoms with Crippen LogP contribution < -0.4 is 10.1 Å². The van der Waals surface area contributed by atoms with Crippen LogP contribution in [0.1, 0.15) is 45.7 Å². The van der Waals surface area contributed by atoms with Gasteiger partial charge in [-0.05, 0) is 51.4 Å². The summed E-state index contributed by atoms with van der Waals surface area (Å²) in [6, 6.07) is 8.38. The lowest BCUT2D eigenvalue weighted by atomic mass is 9.91. The Bertz CT molecular complexity index is 360. The third-order valence-corrected chi connectivity index (χ3v) is 3.26. The third kappa shape index (κ3) is 4.51. The van der Waals surface area contributed by atoms with Gasteiger partial charge in [0.15, 0.2) is 0 Å². The Morgan fingerprint density at radius 2 is 1.79 bits per heavy atom. The van der Waals surface area contributed by atoms with Gasteiger partial charge in [0.25, 0.3) is 0 Å². The fraction of sp³-hybridized carbons (Fsp3) is 0.625. The minimum absolute atomic E-state index is 0.179. The number of hydrogen-bond acceptors (Lipinski definition) is 3. The molecule has 0 saturated carbocycles. The Morgan fingerprint density at radius 3 is 2.26 bits per heavy atom. The number of benzene rings is 1. The summed E-state index contributed by atoms with van der Waals surface area (Å²) in [6.07, 6.45) is 1.11. The van der Waals surface area contributed by atoms with E-state index in [1.807, 2.05) is 19.1 Å². The van der Waals surface area contributed by atoms with Gasteiger partial charge in [-0.3, -0.25) is 0 Å². The minimum atomic E-state index is -0.238. The van der Waals surface area contributed by atoms with E-state index in [9.17, 15) is 0 Å². The molecule has 0 fully saturated rings. The molecule has 0 radical (unpaired) electrons. The van der Waals surface area contributed by atoms with Gasteiger partial charge in [0.05, 0.1) is 18.8 Å². The van der Waals surface area contributed by atoms with E-state index in [2.05, 4.69) is 38.2 Å². The molecular weight excluding hydrogens is 238 g/mol. The largest absolute Gasteiger partial charge is 0.497 e. The Labute approximate surface area is 117 Å². The molecular formula is C16H27NO2. The van der Waals surface area contributed by atoms with Gasteiger partial charge in [-0.25, -0.2) is 0 Å². The van der Waals surface area contributed by atoms with E-state index in [0.29, 0.717) is 6.61 Å². The number of ether oxygens (including phenoxy) is 2. The maximum Gasteiger partial charge on any atom is 0.118 e. The lowest BCUT2D eigenvalue weighted by Gasteiger charge is -2.35. The van der Waals surface area contributed by atoms with Crippen molar-refractivity contribution in [2.24, 2.45) is 0 Å². The third-order valence-electron chi connectivity index (χ3n) is 3.26. The van der Waals surface area contributed by atoms with Gasteiger partial charge in [-0.2, -0.15) is 0 Å². The van der Waals surface area contributed by atoms with Crippen molar-refractivity contribution in [3.8, 4) is 5.75 Å². The van der Waals surface area contributed by atoms with Crippen LogP contribution in [0.15, 0.2) is 24.3 Å². The zero-order chi connectivity index (χ0) is 14.3. The molecule has 0 aliphatic carbocycles. The average molecular weight is 265 g/mol. The molecule has 1 aromatic rings. The highest BCUT2D eigenvalue weighted by atomic mass is 16.5. The van der Waals surface area contributed by atoms with Crippen LogP contribution in [0.4, 0.5) is 0 Å². The van der Waals surface area contributed by atoms with Crippen molar-refractivity contribution >= 4 is 0 Å². The molecule has 0 aliphatic heterocycles. The Morgan fingerprint density at radius 1 is 1.16 bits per heavy atom. The van der Waals surface area contributed by atoms with Gasteiger partial charge in [0.1, 0.15) is 5.75 Å². The van der Waals surface area contributed by atoms with Crippen LogP contribution in [0.3, 0.4) is 0 Å². The van der Waals surface area contributed by atoms with Crippen molar-refractivity contribution in [2.75, 3.05) is 20.3 Å². The van der Waals surface area contributed by atoms with E-state index in [-0.39, 0.29) is 11.6 Å². The second-order valence-electron chi connectivity index (χ2n) is 5.20.